The number of rotatable bonds is 9. The van der Waals surface area contributed by atoms with Gasteiger partial charge in [0.25, 0.3) is 10.0 Å². The van der Waals surface area contributed by atoms with Crippen LogP contribution in [0.5, 0.6) is 0 Å². The lowest BCUT2D eigenvalue weighted by Gasteiger charge is -2.18. The van der Waals surface area contributed by atoms with E-state index in [1.54, 1.807) is 60.7 Å². The van der Waals surface area contributed by atoms with Gasteiger partial charge in [-0.3, -0.25) is 9.52 Å². The molecule has 5 rings (SSSR count). The fraction of sp³-hybridized carbons (Fsp3) is 0.107. The lowest BCUT2D eigenvalue weighted by molar-refractivity contribution is -0.140. The van der Waals surface area contributed by atoms with Gasteiger partial charge in [0.05, 0.1) is 15.5 Å². The number of halogens is 1. The van der Waals surface area contributed by atoms with Crippen molar-refractivity contribution in [2.24, 2.45) is 0 Å². The van der Waals surface area contributed by atoms with Gasteiger partial charge in [-0.15, -0.1) is 0 Å². The molecule has 0 heterocycles. The molecule has 0 amide bonds. The molecule has 200 valence electrons. The predicted molar refractivity (Wildman–Crippen MR) is 149 cm³/mol. The van der Waals surface area contributed by atoms with Crippen molar-refractivity contribution in [1.82, 2.24) is 4.72 Å². The van der Waals surface area contributed by atoms with Gasteiger partial charge in [-0.1, -0.05) is 72.3 Å². The number of sulfonamides is 2. The Hall–Kier alpha value is -3.70. The van der Waals surface area contributed by atoms with Gasteiger partial charge in [0.15, 0.2) is 0 Å². The summed E-state index contributed by atoms with van der Waals surface area (Å²) in [5, 5.41) is 10.7. The fourth-order valence-electron chi connectivity index (χ4n) is 4.50. The summed E-state index contributed by atoms with van der Waals surface area (Å²) < 4.78 is 57.2. The first-order valence-electron chi connectivity index (χ1n) is 11.8. The molecule has 1 aliphatic rings. The zero-order chi connectivity index (χ0) is 27.8. The van der Waals surface area contributed by atoms with E-state index >= 15 is 0 Å². The predicted octanol–water partition coefficient (Wildman–Crippen LogP) is 5.10. The van der Waals surface area contributed by atoms with Crippen LogP contribution in [0.25, 0.3) is 11.1 Å². The number of hydrogen-bond donors (Lipinski definition) is 3. The van der Waals surface area contributed by atoms with Crippen LogP contribution < -0.4 is 9.44 Å². The van der Waals surface area contributed by atoms with E-state index in [1.165, 1.54) is 30.3 Å². The second-order valence-electron chi connectivity index (χ2n) is 9.18. The van der Waals surface area contributed by atoms with Crippen molar-refractivity contribution in [2.75, 3.05) is 4.72 Å². The molecule has 0 unspecified atom stereocenters. The molecule has 3 N–H and O–H groups in total. The summed E-state index contributed by atoms with van der Waals surface area (Å²) in [5.41, 5.74) is 0.334. The van der Waals surface area contributed by atoms with Crippen LogP contribution in [0.4, 0.5) is 5.69 Å². The summed E-state index contributed by atoms with van der Waals surface area (Å²) in [6.07, 6.45) is -0.0471. The number of para-hydroxylation sites is 1. The minimum absolute atomic E-state index is 0.0443. The summed E-state index contributed by atoms with van der Waals surface area (Å²) in [6, 6.07) is 27.3. The molecule has 0 spiro atoms. The van der Waals surface area contributed by atoms with Crippen molar-refractivity contribution in [3.63, 3.8) is 0 Å². The van der Waals surface area contributed by atoms with Crippen molar-refractivity contribution < 1.29 is 26.7 Å². The van der Waals surface area contributed by atoms with Crippen LogP contribution in [0.1, 0.15) is 17.9 Å². The number of hydrogen-bond acceptors (Lipinski definition) is 5. The standard InChI is InChI=1S/C28H23ClN2O6S2/c29-21-14-10-19(11-15-21)20-12-16-23(17-13-20)39(36,37)31-28(27(32)33)18-25(28)24-8-4-5-9-26(24)30-38(34,35)22-6-2-1-3-7-22/h1-17,25,30-31H,18H2,(H,32,33)/t25-,28+/m0/s1. The van der Waals surface area contributed by atoms with Gasteiger partial charge >= 0.3 is 5.97 Å². The molecule has 0 radical (unpaired) electrons. The number of anilines is 1. The highest BCUT2D eigenvalue weighted by Gasteiger charge is 2.64. The second kappa shape index (κ2) is 10.1. The molecular weight excluding hydrogens is 560 g/mol. The summed E-state index contributed by atoms with van der Waals surface area (Å²) in [4.78, 5) is 12.3. The Morgan fingerprint density at radius 1 is 0.744 bits per heavy atom. The summed E-state index contributed by atoms with van der Waals surface area (Å²) >= 11 is 5.93. The van der Waals surface area contributed by atoms with Crippen molar-refractivity contribution >= 4 is 43.3 Å². The van der Waals surface area contributed by atoms with Crippen LogP contribution in [0, 0.1) is 0 Å². The minimum atomic E-state index is -4.23. The van der Waals surface area contributed by atoms with Crippen LogP contribution in [0.15, 0.2) is 113 Å². The summed E-state index contributed by atoms with van der Waals surface area (Å²) in [6.45, 7) is 0. The van der Waals surface area contributed by atoms with Crippen LogP contribution >= 0.6 is 11.6 Å². The molecule has 39 heavy (non-hydrogen) atoms. The molecule has 0 aromatic heterocycles. The SMILES string of the molecule is O=C(O)[C@@]1(NS(=O)(=O)c2ccc(-c3ccc(Cl)cc3)cc2)C[C@H]1c1ccccc1NS(=O)(=O)c1ccccc1. The highest BCUT2D eigenvalue weighted by Crippen LogP contribution is 2.54. The Bertz CT molecular complexity index is 1740. The summed E-state index contributed by atoms with van der Waals surface area (Å²) in [5.74, 6) is -2.15. The van der Waals surface area contributed by atoms with E-state index in [-0.39, 0.29) is 21.9 Å². The van der Waals surface area contributed by atoms with Gasteiger partial charge in [0.1, 0.15) is 5.54 Å². The van der Waals surface area contributed by atoms with Crippen LogP contribution in [-0.2, 0) is 24.8 Å². The van der Waals surface area contributed by atoms with Crippen molar-refractivity contribution in [3.05, 3.63) is 114 Å². The largest absolute Gasteiger partial charge is 0.480 e. The van der Waals surface area contributed by atoms with Crippen molar-refractivity contribution in [2.45, 2.75) is 27.7 Å². The van der Waals surface area contributed by atoms with Crippen molar-refractivity contribution in [1.29, 1.82) is 0 Å². The topological polar surface area (TPSA) is 130 Å². The number of benzene rings is 4. The highest BCUT2D eigenvalue weighted by molar-refractivity contribution is 7.92. The monoisotopic (exact) mass is 582 g/mol. The van der Waals surface area contributed by atoms with E-state index in [2.05, 4.69) is 9.44 Å². The van der Waals surface area contributed by atoms with Gasteiger partial charge in [-0.2, -0.15) is 4.72 Å². The van der Waals surface area contributed by atoms with Crippen LogP contribution in [-0.4, -0.2) is 33.5 Å². The molecule has 0 saturated heterocycles. The maximum Gasteiger partial charge on any atom is 0.325 e. The van der Waals surface area contributed by atoms with E-state index in [0.29, 0.717) is 10.6 Å². The molecule has 4 aromatic rings. The number of nitrogens with one attached hydrogen (secondary N) is 2. The molecule has 1 saturated carbocycles. The number of aliphatic carboxylic acids is 1. The van der Waals surface area contributed by atoms with Crippen molar-refractivity contribution in [3.8, 4) is 11.1 Å². The van der Waals surface area contributed by atoms with Crippen LogP contribution in [0.3, 0.4) is 0 Å². The lowest BCUT2D eigenvalue weighted by Crippen LogP contribution is -2.44. The first-order chi connectivity index (χ1) is 18.5. The molecule has 1 aliphatic carbocycles. The molecule has 11 heteroatoms. The number of carbonyl (C=O) groups is 1. The van der Waals surface area contributed by atoms with Gasteiger partial charge in [-0.25, -0.2) is 16.8 Å². The maximum absolute atomic E-state index is 13.3. The van der Waals surface area contributed by atoms with E-state index in [4.69, 9.17) is 11.6 Å². The molecule has 0 bridgehead atoms. The zero-order valence-electron chi connectivity index (χ0n) is 20.3. The average molecular weight is 583 g/mol. The Morgan fingerprint density at radius 3 is 1.90 bits per heavy atom. The van der Waals surface area contributed by atoms with Gasteiger partial charge < -0.3 is 5.11 Å². The third kappa shape index (κ3) is 5.41. The first-order valence-corrected chi connectivity index (χ1v) is 15.2. The molecular formula is C28H23ClN2O6S2. The Balaban J connectivity index is 1.40. The molecule has 8 nitrogen and oxygen atoms in total. The minimum Gasteiger partial charge on any atom is -0.480 e. The quantitative estimate of drug-likeness (QED) is 0.252. The third-order valence-corrected chi connectivity index (χ3v) is 9.79. The number of carboxylic acids is 1. The maximum atomic E-state index is 13.3. The number of carboxylic acid groups (broad SMARTS) is 1. The summed E-state index contributed by atoms with van der Waals surface area (Å²) in [7, 11) is -8.18. The Labute approximate surface area is 231 Å². The van der Waals surface area contributed by atoms with E-state index in [9.17, 15) is 26.7 Å². The second-order valence-corrected chi connectivity index (χ2v) is 13.0. The van der Waals surface area contributed by atoms with Gasteiger partial charge in [-0.05, 0) is 65.6 Å². The highest BCUT2D eigenvalue weighted by atomic mass is 35.5. The lowest BCUT2D eigenvalue weighted by atomic mass is 10.0. The average Bonchev–Trinajstić information content (AvgIpc) is 3.64. The van der Waals surface area contributed by atoms with Gasteiger partial charge in [0.2, 0.25) is 10.0 Å². The molecule has 1 fully saturated rings. The third-order valence-electron chi connectivity index (χ3n) is 6.64. The van der Waals surface area contributed by atoms with Gasteiger partial charge in [0, 0.05) is 10.9 Å². The molecule has 2 atom stereocenters. The molecule has 4 aromatic carbocycles. The van der Waals surface area contributed by atoms with E-state index < -0.39 is 37.5 Å². The normalized spacial score (nSPS) is 18.8. The Kier molecular flexibility index (Phi) is 6.98. The van der Waals surface area contributed by atoms with E-state index in [1.807, 2.05) is 12.1 Å². The zero-order valence-corrected chi connectivity index (χ0v) is 22.7. The molecule has 0 aliphatic heterocycles. The smallest absolute Gasteiger partial charge is 0.325 e. The fourth-order valence-corrected chi connectivity index (χ4v) is 7.14. The van der Waals surface area contributed by atoms with Crippen LogP contribution in [0.2, 0.25) is 5.02 Å². The van der Waals surface area contributed by atoms with E-state index in [0.717, 1.165) is 11.1 Å². The first kappa shape index (κ1) is 26.9. The Morgan fingerprint density at radius 2 is 1.28 bits per heavy atom.